The number of halogens is 2. The molecule has 2 aliphatic heterocycles. The number of aromatic nitrogens is 1. The van der Waals surface area contributed by atoms with E-state index < -0.39 is 35.2 Å². The van der Waals surface area contributed by atoms with Gasteiger partial charge in [-0.15, -0.1) is 11.3 Å². The van der Waals surface area contributed by atoms with E-state index in [9.17, 15) is 18.8 Å². The summed E-state index contributed by atoms with van der Waals surface area (Å²) in [6, 6.07) is 13.9. The summed E-state index contributed by atoms with van der Waals surface area (Å²) >= 11 is 1.42. The van der Waals surface area contributed by atoms with Gasteiger partial charge >= 0.3 is 0 Å². The van der Waals surface area contributed by atoms with E-state index >= 15 is 4.39 Å². The molecule has 3 aliphatic rings. The Morgan fingerprint density at radius 1 is 0.968 bits per heavy atom. The zero-order chi connectivity index (χ0) is 44.7. The van der Waals surface area contributed by atoms with Gasteiger partial charge in [-0.3, -0.25) is 14.4 Å². The van der Waals surface area contributed by atoms with Gasteiger partial charge in [0.05, 0.1) is 44.2 Å². The number of morpholine rings is 1. The summed E-state index contributed by atoms with van der Waals surface area (Å²) in [5, 5.41) is 11.8. The Balaban J connectivity index is 0.987. The summed E-state index contributed by atoms with van der Waals surface area (Å²) in [5.74, 6) is -2.67. The number of thiazole rings is 1. The monoisotopic (exact) mass is 888 g/mol. The summed E-state index contributed by atoms with van der Waals surface area (Å²) in [5.41, 5.74) is 4.25. The van der Waals surface area contributed by atoms with E-state index in [2.05, 4.69) is 38.0 Å². The number of carbonyl (C=O) groups excluding carboxylic acids is 3. The summed E-state index contributed by atoms with van der Waals surface area (Å²) in [4.78, 5) is 50.5. The van der Waals surface area contributed by atoms with Crippen LogP contribution in [0.15, 0.2) is 60.0 Å². The topological polar surface area (TPSA) is 144 Å². The van der Waals surface area contributed by atoms with Crippen LogP contribution in [0.2, 0.25) is 0 Å². The van der Waals surface area contributed by atoms with Gasteiger partial charge < -0.3 is 44.7 Å². The summed E-state index contributed by atoms with van der Waals surface area (Å²) in [7, 11) is 1.68. The van der Waals surface area contributed by atoms with Crippen LogP contribution in [0.4, 0.5) is 13.9 Å². The molecule has 16 heteroatoms. The van der Waals surface area contributed by atoms with E-state index in [0.717, 1.165) is 47.2 Å². The van der Waals surface area contributed by atoms with Gasteiger partial charge in [-0.25, -0.2) is 9.37 Å². The van der Waals surface area contributed by atoms with Crippen LogP contribution in [-0.4, -0.2) is 106 Å². The Bertz CT molecular complexity index is 2250. The van der Waals surface area contributed by atoms with Gasteiger partial charge in [-0.05, 0) is 85.2 Å². The molecule has 1 aliphatic carbocycles. The highest BCUT2D eigenvalue weighted by molar-refractivity contribution is 7.14. The van der Waals surface area contributed by atoms with E-state index in [1.807, 2.05) is 51.1 Å². The number of nitrogens with one attached hydrogen (secondary N) is 3. The molecule has 0 bridgehead atoms. The fourth-order valence-corrected chi connectivity index (χ4v) is 9.07. The number of ether oxygens (including phenoxy) is 4. The van der Waals surface area contributed by atoms with Crippen LogP contribution in [0.25, 0.3) is 11.3 Å². The second-order valence-electron chi connectivity index (χ2n) is 17.2. The quantitative estimate of drug-likeness (QED) is 0.115. The number of aryl methyl sites for hydroxylation is 1. The van der Waals surface area contributed by atoms with Crippen molar-refractivity contribution in [1.29, 1.82) is 0 Å². The molecule has 1 saturated heterocycles. The number of fused-ring (bicyclic) bond motifs is 2. The smallest absolute Gasteiger partial charge is 0.246 e. The highest BCUT2D eigenvalue weighted by Gasteiger charge is 2.43. The molecule has 4 atom stereocenters. The lowest BCUT2D eigenvalue weighted by Gasteiger charge is -2.41. The normalized spacial score (nSPS) is 18.5. The van der Waals surface area contributed by atoms with E-state index in [1.165, 1.54) is 23.0 Å². The highest BCUT2D eigenvalue weighted by Crippen LogP contribution is 2.37. The van der Waals surface area contributed by atoms with E-state index in [1.54, 1.807) is 24.3 Å². The summed E-state index contributed by atoms with van der Waals surface area (Å²) in [6.07, 6.45) is 2.99. The molecule has 4 aromatic rings. The number of hydrogen-bond donors (Lipinski definition) is 3. The van der Waals surface area contributed by atoms with Gasteiger partial charge in [0.1, 0.15) is 31.0 Å². The molecule has 0 spiro atoms. The molecule has 3 amide bonds. The second kappa shape index (κ2) is 20.6. The number of amides is 3. The molecule has 3 N–H and O–H groups in total. The van der Waals surface area contributed by atoms with Crippen LogP contribution < -0.4 is 30.3 Å². The lowest BCUT2D eigenvalue weighted by Crippen LogP contribution is -2.62. The van der Waals surface area contributed by atoms with Crippen molar-refractivity contribution in [2.45, 2.75) is 84.1 Å². The maximum absolute atomic E-state index is 15.0. The maximum Gasteiger partial charge on any atom is 0.246 e. The molecule has 1 fully saturated rings. The van der Waals surface area contributed by atoms with Crippen LogP contribution in [0.1, 0.15) is 68.8 Å². The standard InChI is InChI=1S/C47H58F2N6O7S/c1-29(50-5)43(56)53-42(47(2,3)4)45(58)55-27-32-25-33(14-13-31(32)26-39(55)44(57)51-37-12-8-10-30-9-6-7-11-34(30)37)61-23-21-60-22-24-62-41-35(15-16-36(48)40(41)49)38-28-63-46(52-38)54-17-19-59-20-18-54/h6-7,9,11,13-16,25,28-29,37,39,42,50H,8,10,12,17-24,26-27H2,1-5H3,(H,51,57)(H,53,56)/t29-,37+,39-,42+/m0/s1. The van der Waals surface area contributed by atoms with Crippen LogP contribution in [0, 0.1) is 17.0 Å². The predicted octanol–water partition coefficient (Wildman–Crippen LogP) is 5.99. The predicted molar refractivity (Wildman–Crippen MR) is 237 cm³/mol. The Kier molecular flexibility index (Phi) is 15.0. The third-order valence-corrected chi connectivity index (χ3v) is 12.8. The van der Waals surface area contributed by atoms with Gasteiger partial charge in [-0.2, -0.15) is 4.39 Å². The zero-order valence-corrected chi connectivity index (χ0v) is 37.5. The van der Waals surface area contributed by atoms with Gasteiger partial charge in [-0.1, -0.05) is 51.1 Å². The molecule has 1 aromatic heterocycles. The molecular formula is C47H58F2N6O7S. The van der Waals surface area contributed by atoms with Crippen LogP contribution in [-0.2, 0) is 43.2 Å². The van der Waals surface area contributed by atoms with Crippen molar-refractivity contribution in [3.8, 4) is 22.8 Å². The SMILES string of the molecule is CN[C@@H](C)C(=O)N[C@H](C(=O)N1Cc2cc(OCCOCCOc3c(-c4csc(N5CCOCC5)n4)ccc(F)c3F)ccc2C[C@H]1C(=O)N[C@@H]1CCCc2ccccc21)C(C)(C)C. The number of likely N-dealkylation sites (N-methyl/N-ethyl adjacent to an activating group) is 1. The fraction of sp³-hybridized carbons (Fsp3) is 0.489. The molecule has 63 heavy (non-hydrogen) atoms. The van der Waals surface area contributed by atoms with Crippen LogP contribution >= 0.6 is 11.3 Å². The Labute approximate surface area is 371 Å². The Morgan fingerprint density at radius 3 is 2.49 bits per heavy atom. The average molecular weight is 889 g/mol. The largest absolute Gasteiger partial charge is 0.491 e. The minimum Gasteiger partial charge on any atom is -0.491 e. The molecule has 0 unspecified atom stereocenters. The number of anilines is 1. The van der Waals surface area contributed by atoms with Crippen LogP contribution in [0.3, 0.4) is 0 Å². The molecule has 338 valence electrons. The number of benzene rings is 3. The molecule has 7 rings (SSSR count). The van der Waals surface area contributed by atoms with Crippen molar-refractivity contribution < 1.29 is 42.1 Å². The maximum atomic E-state index is 15.0. The van der Waals surface area contributed by atoms with E-state index in [4.69, 9.17) is 18.9 Å². The highest BCUT2D eigenvalue weighted by atomic mass is 32.1. The molecule has 3 aromatic carbocycles. The number of nitrogens with zero attached hydrogens (tertiary/aromatic N) is 3. The van der Waals surface area contributed by atoms with Gasteiger partial charge in [0.15, 0.2) is 16.7 Å². The summed E-state index contributed by atoms with van der Waals surface area (Å²) < 4.78 is 52.3. The lowest BCUT2D eigenvalue weighted by atomic mass is 9.83. The van der Waals surface area contributed by atoms with Crippen molar-refractivity contribution in [1.82, 2.24) is 25.8 Å². The van der Waals surface area contributed by atoms with Crippen molar-refractivity contribution in [3.05, 3.63) is 93.9 Å². The van der Waals surface area contributed by atoms with Gasteiger partial charge in [0, 0.05) is 37.0 Å². The van der Waals surface area contributed by atoms with Crippen LogP contribution in [0.5, 0.6) is 11.5 Å². The van der Waals surface area contributed by atoms with Crippen molar-refractivity contribution in [2.75, 3.05) is 64.7 Å². The summed E-state index contributed by atoms with van der Waals surface area (Å²) in [6.45, 7) is 10.6. The van der Waals surface area contributed by atoms with Gasteiger partial charge in [0.2, 0.25) is 23.5 Å². The first-order chi connectivity index (χ1) is 30.3. The third kappa shape index (κ3) is 11.0. The molecule has 0 saturated carbocycles. The number of carbonyl (C=O) groups is 3. The van der Waals surface area contributed by atoms with Gasteiger partial charge in [0.25, 0.3) is 0 Å². The molecule has 3 heterocycles. The third-order valence-electron chi connectivity index (χ3n) is 11.9. The van der Waals surface area contributed by atoms with E-state index in [0.29, 0.717) is 43.3 Å². The fourth-order valence-electron chi connectivity index (χ4n) is 8.19. The Morgan fingerprint density at radius 2 is 1.73 bits per heavy atom. The zero-order valence-electron chi connectivity index (χ0n) is 36.6. The second-order valence-corrected chi connectivity index (χ2v) is 18.1. The first kappa shape index (κ1) is 45.9. The molecule has 13 nitrogen and oxygen atoms in total. The Hall–Kier alpha value is -5.16. The lowest BCUT2D eigenvalue weighted by molar-refractivity contribution is -0.147. The number of rotatable bonds is 16. The van der Waals surface area contributed by atoms with Crippen molar-refractivity contribution in [3.63, 3.8) is 0 Å². The van der Waals surface area contributed by atoms with E-state index in [-0.39, 0.29) is 68.9 Å². The molecular weight excluding hydrogens is 831 g/mol. The van der Waals surface area contributed by atoms with Crippen molar-refractivity contribution >= 4 is 34.2 Å². The molecule has 0 radical (unpaired) electrons. The number of hydrogen-bond acceptors (Lipinski definition) is 11. The minimum atomic E-state index is -1.09. The first-order valence-electron chi connectivity index (χ1n) is 21.7. The van der Waals surface area contributed by atoms with Crippen molar-refractivity contribution in [2.24, 2.45) is 5.41 Å². The first-order valence-corrected chi connectivity index (χ1v) is 22.6. The average Bonchev–Trinajstić information content (AvgIpc) is 3.78. The minimum absolute atomic E-state index is 0.0393.